The van der Waals surface area contributed by atoms with Crippen molar-refractivity contribution in [2.45, 2.75) is 26.2 Å². The molecule has 0 saturated carbocycles. The molecule has 0 fully saturated rings. The summed E-state index contributed by atoms with van der Waals surface area (Å²) in [5.74, 6) is 0. The van der Waals surface area contributed by atoms with Gasteiger partial charge in [0.05, 0.1) is 5.69 Å². The molecular formula is C21H22N2O. The van der Waals surface area contributed by atoms with Gasteiger partial charge in [0, 0.05) is 11.1 Å². The number of nitrogens with one attached hydrogen (secondary N) is 2. The molecule has 3 aromatic carbocycles. The van der Waals surface area contributed by atoms with Gasteiger partial charge in [-0.05, 0) is 34.6 Å². The third-order valence-corrected chi connectivity index (χ3v) is 4.01. The molecule has 3 rings (SSSR count). The molecule has 0 saturated heterocycles. The molecule has 0 atom stereocenters. The number of urea groups is 1. The molecule has 0 spiro atoms. The molecule has 2 N–H and O–H groups in total. The van der Waals surface area contributed by atoms with Crippen LogP contribution in [0.4, 0.5) is 16.2 Å². The maximum atomic E-state index is 12.3. The van der Waals surface area contributed by atoms with E-state index >= 15 is 0 Å². The molecule has 0 unspecified atom stereocenters. The Morgan fingerprint density at radius 2 is 1.42 bits per heavy atom. The van der Waals surface area contributed by atoms with Crippen LogP contribution in [-0.4, -0.2) is 6.03 Å². The van der Waals surface area contributed by atoms with Crippen LogP contribution in [0.3, 0.4) is 0 Å². The zero-order valence-corrected chi connectivity index (χ0v) is 14.3. The molecule has 122 valence electrons. The first-order valence-electron chi connectivity index (χ1n) is 8.10. The van der Waals surface area contributed by atoms with Crippen LogP contribution in [0.5, 0.6) is 0 Å². The number of carbonyl (C=O) groups excluding carboxylic acids is 1. The summed E-state index contributed by atoms with van der Waals surface area (Å²) in [7, 11) is 0. The van der Waals surface area contributed by atoms with Crippen LogP contribution in [0, 0.1) is 0 Å². The van der Waals surface area contributed by atoms with E-state index in [0.29, 0.717) is 0 Å². The van der Waals surface area contributed by atoms with Crippen molar-refractivity contribution in [3.05, 3.63) is 72.3 Å². The molecule has 0 heterocycles. The van der Waals surface area contributed by atoms with Crippen LogP contribution in [-0.2, 0) is 5.41 Å². The molecule has 24 heavy (non-hydrogen) atoms. The number of hydrogen-bond donors (Lipinski definition) is 2. The lowest BCUT2D eigenvalue weighted by atomic mass is 9.83. The van der Waals surface area contributed by atoms with Crippen LogP contribution in [0.15, 0.2) is 66.7 Å². The fourth-order valence-electron chi connectivity index (χ4n) is 2.88. The van der Waals surface area contributed by atoms with E-state index in [4.69, 9.17) is 0 Å². The molecular weight excluding hydrogens is 296 g/mol. The normalized spacial score (nSPS) is 11.3. The Morgan fingerprint density at radius 3 is 2.12 bits per heavy atom. The molecule has 0 aliphatic heterocycles. The van der Waals surface area contributed by atoms with Crippen molar-refractivity contribution < 1.29 is 4.79 Å². The molecule has 0 bridgehead atoms. The Hall–Kier alpha value is -2.81. The number of amides is 2. The molecule has 3 heteroatoms. The maximum absolute atomic E-state index is 12.3. The van der Waals surface area contributed by atoms with Crippen molar-refractivity contribution >= 4 is 28.2 Å². The first-order chi connectivity index (χ1) is 11.4. The third-order valence-electron chi connectivity index (χ3n) is 4.01. The van der Waals surface area contributed by atoms with E-state index < -0.39 is 0 Å². The number of anilines is 2. The smallest absolute Gasteiger partial charge is 0.308 e. The first-order valence-corrected chi connectivity index (χ1v) is 8.10. The second-order valence-electron chi connectivity index (χ2n) is 6.90. The van der Waals surface area contributed by atoms with E-state index in [1.165, 1.54) is 10.9 Å². The number of para-hydroxylation sites is 1. The highest BCUT2D eigenvalue weighted by Crippen LogP contribution is 2.33. The molecule has 2 amide bonds. The van der Waals surface area contributed by atoms with Crippen molar-refractivity contribution in [3.8, 4) is 0 Å². The molecule has 0 aliphatic rings. The summed E-state index contributed by atoms with van der Waals surface area (Å²) in [5.41, 5.74) is 2.90. The van der Waals surface area contributed by atoms with Crippen LogP contribution in [0.2, 0.25) is 0 Å². The van der Waals surface area contributed by atoms with Gasteiger partial charge >= 0.3 is 6.03 Å². The van der Waals surface area contributed by atoms with Crippen molar-refractivity contribution in [1.29, 1.82) is 0 Å². The summed E-state index contributed by atoms with van der Waals surface area (Å²) in [6.45, 7) is 6.60. The lowest BCUT2D eigenvalue weighted by Crippen LogP contribution is -2.19. The molecule has 3 nitrogen and oxygen atoms in total. The number of benzene rings is 3. The number of carbonyl (C=O) groups is 1. The van der Waals surface area contributed by atoms with Gasteiger partial charge in [0.1, 0.15) is 0 Å². The fourth-order valence-corrected chi connectivity index (χ4v) is 2.88. The predicted octanol–water partition coefficient (Wildman–Crippen LogP) is 5.78. The Morgan fingerprint density at radius 1 is 0.750 bits per heavy atom. The average Bonchev–Trinajstić information content (AvgIpc) is 2.54. The van der Waals surface area contributed by atoms with E-state index in [-0.39, 0.29) is 11.4 Å². The molecule has 0 aromatic heterocycles. The second kappa shape index (κ2) is 6.36. The zero-order valence-electron chi connectivity index (χ0n) is 14.3. The van der Waals surface area contributed by atoms with E-state index in [9.17, 15) is 4.79 Å². The van der Waals surface area contributed by atoms with Gasteiger partial charge in [-0.15, -0.1) is 0 Å². The Labute approximate surface area is 142 Å². The largest absolute Gasteiger partial charge is 0.323 e. The van der Waals surface area contributed by atoms with E-state index in [0.717, 1.165) is 16.8 Å². The minimum Gasteiger partial charge on any atom is -0.308 e. The maximum Gasteiger partial charge on any atom is 0.323 e. The molecule has 3 aromatic rings. The average molecular weight is 318 g/mol. The quantitative estimate of drug-likeness (QED) is 0.617. The summed E-state index contributed by atoms with van der Waals surface area (Å²) >= 11 is 0. The summed E-state index contributed by atoms with van der Waals surface area (Å²) in [4.78, 5) is 12.3. The van der Waals surface area contributed by atoms with Gasteiger partial charge in [0.2, 0.25) is 0 Å². The summed E-state index contributed by atoms with van der Waals surface area (Å²) in [6, 6.07) is 21.4. The minimum absolute atomic E-state index is 0.0461. The van der Waals surface area contributed by atoms with Gasteiger partial charge in [-0.25, -0.2) is 4.79 Å². The number of rotatable bonds is 2. The van der Waals surface area contributed by atoms with Crippen molar-refractivity contribution in [1.82, 2.24) is 0 Å². The van der Waals surface area contributed by atoms with Crippen LogP contribution < -0.4 is 10.6 Å². The van der Waals surface area contributed by atoms with Gasteiger partial charge in [-0.3, -0.25) is 0 Å². The highest BCUT2D eigenvalue weighted by molar-refractivity contribution is 6.06. The van der Waals surface area contributed by atoms with Gasteiger partial charge in [0.15, 0.2) is 0 Å². The Balaban J connectivity index is 1.92. The Bertz CT molecular complexity index is 864. The van der Waals surface area contributed by atoms with E-state index in [2.05, 4.69) is 43.5 Å². The SMILES string of the molecule is CC(C)(C)c1cccc2c(NC(=O)Nc3ccccc3)cccc12. The predicted molar refractivity (Wildman–Crippen MR) is 102 cm³/mol. The fraction of sp³-hybridized carbons (Fsp3) is 0.190. The van der Waals surface area contributed by atoms with E-state index in [1.54, 1.807) is 0 Å². The summed E-state index contributed by atoms with van der Waals surface area (Å²) < 4.78 is 0. The van der Waals surface area contributed by atoms with Crippen molar-refractivity contribution in [3.63, 3.8) is 0 Å². The molecule has 0 radical (unpaired) electrons. The van der Waals surface area contributed by atoms with Crippen LogP contribution >= 0.6 is 0 Å². The monoisotopic (exact) mass is 318 g/mol. The summed E-state index contributed by atoms with van der Waals surface area (Å²) in [6.07, 6.45) is 0. The molecule has 0 aliphatic carbocycles. The Kier molecular flexibility index (Phi) is 4.26. The number of hydrogen-bond acceptors (Lipinski definition) is 1. The topological polar surface area (TPSA) is 41.1 Å². The van der Waals surface area contributed by atoms with Gasteiger partial charge in [-0.2, -0.15) is 0 Å². The van der Waals surface area contributed by atoms with Crippen LogP contribution in [0.25, 0.3) is 10.8 Å². The van der Waals surface area contributed by atoms with Crippen LogP contribution in [0.1, 0.15) is 26.3 Å². The number of fused-ring (bicyclic) bond motifs is 1. The third kappa shape index (κ3) is 3.40. The first kappa shape index (κ1) is 16.1. The second-order valence-corrected chi connectivity index (χ2v) is 6.90. The zero-order chi connectivity index (χ0) is 17.2. The van der Waals surface area contributed by atoms with Crippen molar-refractivity contribution in [2.75, 3.05) is 10.6 Å². The lowest BCUT2D eigenvalue weighted by molar-refractivity contribution is 0.262. The van der Waals surface area contributed by atoms with Gasteiger partial charge in [-0.1, -0.05) is 69.3 Å². The standard InChI is InChI=1S/C21H22N2O/c1-21(2,3)18-13-7-12-17-16(18)11-8-14-19(17)23-20(24)22-15-9-5-4-6-10-15/h4-14H,1-3H3,(H2,22,23,24). The minimum atomic E-state index is -0.241. The highest BCUT2D eigenvalue weighted by Gasteiger charge is 2.17. The summed E-state index contributed by atoms with van der Waals surface area (Å²) in [5, 5.41) is 8.03. The van der Waals surface area contributed by atoms with E-state index in [1.807, 2.05) is 54.6 Å². The lowest BCUT2D eigenvalue weighted by Gasteiger charge is -2.22. The van der Waals surface area contributed by atoms with Gasteiger partial charge < -0.3 is 10.6 Å². The van der Waals surface area contributed by atoms with Gasteiger partial charge in [0.25, 0.3) is 0 Å². The highest BCUT2D eigenvalue weighted by atomic mass is 16.2. The van der Waals surface area contributed by atoms with Crippen molar-refractivity contribution in [2.24, 2.45) is 0 Å².